The molecule has 7 heteroatoms. The third-order valence-corrected chi connectivity index (χ3v) is 6.26. The summed E-state index contributed by atoms with van der Waals surface area (Å²) in [4.78, 5) is 37.9. The summed E-state index contributed by atoms with van der Waals surface area (Å²) in [5.41, 5.74) is 10.9. The molecule has 1 unspecified atom stereocenters. The number of fused-ring (bicyclic) bond motifs is 1. The molecule has 1 saturated carbocycles. The van der Waals surface area contributed by atoms with Crippen molar-refractivity contribution >= 4 is 23.4 Å². The second-order valence-corrected chi connectivity index (χ2v) is 8.37. The van der Waals surface area contributed by atoms with Crippen LogP contribution in [0.25, 0.3) is 0 Å². The first-order valence-electron chi connectivity index (χ1n) is 10.4. The summed E-state index contributed by atoms with van der Waals surface area (Å²) >= 11 is 0. The molecule has 4 N–H and O–H groups in total. The largest absolute Gasteiger partial charge is 0.381 e. The van der Waals surface area contributed by atoms with E-state index in [0.29, 0.717) is 37.0 Å². The van der Waals surface area contributed by atoms with Crippen LogP contribution in [-0.2, 0) is 22.7 Å². The van der Waals surface area contributed by atoms with Crippen LogP contribution in [0.2, 0.25) is 0 Å². The highest BCUT2D eigenvalue weighted by molar-refractivity contribution is 6.05. The lowest BCUT2D eigenvalue weighted by molar-refractivity contribution is -0.136. The molecule has 0 spiro atoms. The number of piperidine rings is 1. The minimum absolute atomic E-state index is 0.145. The van der Waals surface area contributed by atoms with Crippen LogP contribution in [0, 0.1) is 0 Å². The molecule has 5 rings (SSSR count). The van der Waals surface area contributed by atoms with Crippen molar-refractivity contribution < 1.29 is 14.4 Å². The molecule has 2 fully saturated rings. The van der Waals surface area contributed by atoms with Gasteiger partial charge in [0.2, 0.25) is 11.8 Å². The van der Waals surface area contributed by atoms with Gasteiger partial charge in [-0.05, 0) is 47.7 Å². The van der Waals surface area contributed by atoms with Crippen molar-refractivity contribution in [1.82, 2.24) is 10.2 Å². The van der Waals surface area contributed by atoms with Crippen LogP contribution in [0.1, 0.15) is 52.2 Å². The summed E-state index contributed by atoms with van der Waals surface area (Å²) in [7, 11) is 0. The zero-order chi connectivity index (χ0) is 20.8. The summed E-state index contributed by atoms with van der Waals surface area (Å²) in [6, 6.07) is 13.9. The van der Waals surface area contributed by atoms with E-state index in [-0.39, 0.29) is 24.1 Å². The number of nitrogens with zero attached hydrogens (tertiary/aromatic N) is 1. The van der Waals surface area contributed by atoms with Crippen LogP contribution < -0.4 is 16.4 Å². The summed E-state index contributed by atoms with van der Waals surface area (Å²) < 4.78 is 0. The molecule has 3 aliphatic rings. The Hall–Kier alpha value is -3.19. The van der Waals surface area contributed by atoms with Crippen molar-refractivity contribution in [1.29, 1.82) is 0 Å². The maximum absolute atomic E-state index is 12.8. The number of benzene rings is 2. The van der Waals surface area contributed by atoms with Gasteiger partial charge in [-0.2, -0.15) is 0 Å². The van der Waals surface area contributed by atoms with Gasteiger partial charge in [0.25, 0.3) is 5.91 Å². The Morgan fingerprint density at radius 2 is 1.87 bits per heavy atom. The van der Waals surface area contributed by atoms with Crippen molar-refractivity contribution in [2.45, 2.75) is 50.4 Å². The molecule has 154 valence electrons. The number of nitrogens with two attached hydrogens (primary N) is 1. The smallest absolute Gasteiger partial charge is 0.255 e. The first-order chi connectivity index (χ1) is 14.5. The molecule has 2 aromatic rings. The third kappa shape index (κ3) is 3.45. The van der Waals surface area contributed by atoms with Crippen molar-refractivity contribution in [2.24, 2.45) is 5.73 Å². The van der Waals surface area contributed by atoms with Crippen LogP contribution in [0.3, 0.4) is 0 Å². The fourth-order valence-corrected chi connectivity index (χ4v) is 4.39. The highest BCUT2D eigenvalue weighted by atomic mass is 16.2. The lowest BCUT2D eigenvalue weighted by Crippen LogP contribution is -2.52. The third-order valence-electron chi connectivity index (χ3n) is 6.26. The minimum Gasteiger partial charge on any atom is -0.381 e. The Labute approximate surface area is 174 Å². The molecule has 1 saturated heterocycles. The fourth-order valence-electron chi connectivity index (χ4n) is 4.39. The van der Waals surface area contributed by atoms with Gasteiger partial charge in [-0.15, -0.1) is 0 Å². The predicted molar refractivity (Wildman–Crippen MR) is 112 cm³/mol. The Balaban J connectivity index is 1.24. The van der Waals surface area contributed by atoms with Crippen LogP contribution in [0.5, 0.6) is 0 Å². The van der Waals surface area contributed by atoms with Gasteiger partial charge in [-0.25, -0.2) is 0 Å². The molecule has 2 aliphatic heterocycles. The zero-order valence-corrected chi connectivity index (χ0v) is 16.6. The van der Waals surface area contributed by atoms with E-state index < -0.39 is 6.04 Å². The number of rotatable bonds is 5. The number of carbonyl (C=O) groups is 3. The van der Waals surface area contributed by atoms with E-state index in [1.807, 2.05) is 18.2 Å². The van der Waals surface area contributed by atoms with Gasteiger partial charge in [0.1, 0.15) is 6.04 Å². The van der Waals surface area contributed by atoms with E-state index in [1.165, 1.54) is 5.56 Å². The lowest BCUT2D eigenvalue weighted by atomic mass is 10.0. The Kier molecular flexibility index (Phi) is 4.55. The number of carbonyl (C=O) groups excluding carboxylic acids is 3. The lowest BCUT2D eigenvalue weighted by Gasteiger charge is -2.29. The molecule has 1 aliphatic carbocycles. The van der Waals surface area contributed by atoms with Crippen LogP contribution in [0.15, 0.2) is 42.5 Å². The predicted octanol–water partition coefficient (Wildman–Crippen LogP) is 1.87. The SMILES string of the molecule is N[C@@H]1C[C@H]1c1ccc(NCc2ccc3c(c2)CN(C2CCC(=O)NC2=O)C3=O)cc1. The van der Waals surface area contributed by atoms with E-state index in [9.17, 15) is 14.4 Å². The first kappa shape index (κ1) is 18.8. The Bertz CT molecular complexity index is 1030. The number of imide groups is 1. The quantitative estimate of drug-likeness (QED) is 0.660. The Morgan fingerprint density at radius 3 is 2.57 bits per heavy atom. The molecule has 3 atom stereocenters. The maximum Gasteiger partial charge on any atom is 0.255 e. The molecule has 2 aromatic carbocycles. The zero-order valence-electron chi connectivity index (χ0n) is 16.6. The highest BCUT2D eigenvalue weighted by Gasteiger charge is 2.39. The summed E-state index contributed by atoms with van der Waals surface area (Å²) in [5.74, 6) is -0.305. The van der Waals surface area contributed by atoms with Crippen molar-refractivity contribution in [2.75, 3.05) is 5.32 Å². The van der Waals surface area contributed by atoms with E-state index in [4.69, 9.17) is 5.73 Å². The molecule has 0 bridgehead atoms. The second-order valence-electron chi connectivity index (χ2n) is 8.37. The molecule has 7 nitrogen and oxygen atoms in total. The summed E-state index contributed by atoms with van der Waals surface area (Å²) in [6.07, 6.45) is 1.70. The van der Waals surface area contributed by atoms with E-state index in [2.05, 4.69) is 34.9 Å². The monoisotopic (exact) mass is 404 g/mol. The molecule has 0 aromatic heterocycles. The fraction of sp³-hybridized carbons (Fsp3) is 0.348. The Morgan fingerprint density at radius 1 is 1.10 bits per heavy atom. The van der Waals surface area contributed by atoms with Crippen LogP contribution in [0.4, 0.5) is 5.69 Å². The normalized spacial score (nSPS) is 25.2. The first-order valence-corrected chi connectivity index (χ1v) is 10.4. The number of nitrogens with one attached hydrogen (secondary N) is 2. The average Bonchev–Trinajstić information content (AvgIpc) is 3.38. The number of hydrogen-bond donors (Lipinski definition) is 3. The minimum atomic E-state index is -0.581. The second kappa shape index (κ2) is 7.25. The number of amides is 3. The highest BCUT2D eigenvalue weighted by Crippen LogP contribution is 2.39. The van der Waals surface area contributed by atoms with Crippen molar-refractivity contribution in [3.8, 4) is 0 Å². The van der Waals surface area contributed by atoms with Gasteiger partial charge in [-0.1, -0.05) is 24.3 Å². The molecular formula is C23H24N4O3. The summed E-state index contributed by atoms with van der Waals surface area (Å²) in [6.45, 7) is 1.03. The summed E-state index contributed by atoms with van der Waals surface area (Å²) in [5, 5.41) is 5.75. The molecule has 0 radical (unpaired) electrons. The van der Waals surface area contributed by atoms with E-state index in [0.717, 1.165) is 23.2 Å². The molecule has 2 heterocycles. The van der Waals surface area contributed by atoms with Crippen LogP contribution in [-0.4, -0.2) is 34.7 Å². The van der Waals surface area contributed by atoms with Crippen molar-refractivity contribution in [3.05, 3.63) is 64.7 Å². The maximum atomic E-state index is 12.8. The van der Waals surface area contributed by atoms with Gasteiger partial charge in [-0.3, -0.25) is 19.7 Å². The van der Waals surface area contributed by atoms with Gasteiger partial charge in [0.05, 0.1) is 0 Å². The average molecular weight is 404 g/mol. The van der Waals surface area contributed by atoms with Gasteiger partial charge in [0, 0.05) is 42.7 Å². The van der Waals surface area contributed by atoms with Gasteiger partial charge >= 0.3 is 0 Å². The number of anilines is 1. The standard InChI is InChI=1S/C23H24N4O3/c24-19-10-18(19)14-2-4-16(5-3-14)25-11-13-1-6-17-15(9-13)12-27(23(17)30)20-7-8-21(28)26-22(20)29/h1-6,9,18-20,25H,7-8,10-12,24H2,(H,26,28,29)/t18-,19+,20?/m0/s1. The van der Waals surface area contributed by atoms with E-state index >= 15 is 0 Å². The van der Waals surface area contributed by atoms with Gasteiger partial charge in [0.15, 0.2) is 0 Å². The van der Waals surface area contributed by atoms with Gasteiger partial charge < -0.3 is 16.0 Å². The molecule has 3 amide bonds. The number of hydrogen-bond acceptors (Lipinski definition) is 5. The topological polar surface area (TPSA) is 105 Å². The molecular weight excluding hydrogens is 380 g/mol. The van der Waals surface area contributed by atoms with Crippen LogP contribution >= 0.6 is 0 Å². The molecule has 30 heavy (non-hydrogen) atoms. The van der Waals surface area contributed by atoms with E-state index in [1.54, 1.807) is 4.90 Å². The van der Waals surface area contributed by atoms with Crippen molar-refractivity contribution in [3.63, 3.8) is 0 Å².